The molecular formula is C59H109NO5. The lowest BCUT2D eigenvalue weighted by Gasteiger charge is -2.20. The van der Waals surface area contributed by atoms with Gasteiger partial charge in [0.1, 0.15) is 0 Å². The number of carbonyl (C=O) groups excluding carboxylic acids is 2. The smallest absolute Gasteiger partial charge is 0.305 e. The van der Waals surface area contributed by atoms with E-state index < -0.39 is 12.1 Å². The SMILES string of the molecule is CCCCC/C=C\CCCCCCCC(=O)OCCCCC/C=C\C/C=C\CCCCCCCCCC(=O)NC(CO)C(O)/C=C/CCCCCCCCCCCCCCCCCCC. The number of nitrogens with one attached hydrogen (secondary N) is 1. The summed E-state index contributed by atoms with van der Waals surface area (Å²) in [6.45, 7) is 4.83. The maximum Gasteiger partial charge on any atom is 0.305 e. The number of amides is 1. The fourth-order valence-electron chi connectivity index (χ4n) is 8.42. The Kier molecular flexibility index (Phi) is 52.6. The van der Waals surface area contributed by atoms with Crippen molar-refractivity contribution in [2.24, 2.45) is 0 Å². The highest BCUT2D eigenvalue weighted by atomic mass is 16.5. The van der Waals surface area contributed by atoms with Gasteiger partial charge in [-0.25, -0.2) is 0 Å². The van der Waals surface area contributed by atoms with Gasteiger partial charge in [-0.1, -0.05) is 229 Å². The molecule has 3 N–H and O–H groups in total. The normalized spacial score (nSPS) is 13.0. The Balaban J connectivity index is 3.55. The van der Waals surface area contributed by atoms with E-state index in [1.54, 1.807) is 6.08 Å². The van der Waals surface area contributed by atoms with Crippen molar-refractivity contribution in [3.05, 3.63) is 48.6 Å². The van der Waals surface area contributed by atoms with E-state index in [2.05, 4.69) is 55.6 Å². The number of allylic oxidation sites excluding steroid dienone is 7. The highest BCUT2D eigenvalue weighted by Crippen LogP contribution is 2.16. The molecule has 0 aromatic rings. The molecule has 6 nitrogen and oxygen atoms in total. The number of aliphatic hydroxyl groups is 2. The molecule has 380 valence electrons. The van der Waals surface area contributed by atoms with Gasteiger partial charge < -0.3 is 20.3 Å². The molecule has 0 bridgehead atoms. The second-order valence-electron chi connectivity index (χ2n) is 19.3. The summed E-state index contributed by atoms with van der Waals surface area (Å²) >= 11 is 0. The first-order valence-electron chi connectivity index (χ1n) is 28.4. The van der Waals surface area contributed by atoms with Crippen LogP contribution in [0.5, 0.6) is 0 Å². The Hall–Kier alpha value is -2.18. The van der Waals surface area contributed by atoms with Gasteiger partial charge in [-0.3, -0.25) is 9.59 Å². The van der Waals surface area contributed by atoms with Crippen molar-refractivity contribution in [3.8, 4) is 0 Å². The molecule has 1 amide bonds. The summed E-state index contributed by atoms with van der Waals surface area (Å²) in [6, 6.07) is -0.641. The third-order valence-corrected chi connectivity index (χ3v) is 12.8. The fraction of sp³-hybridized carbons (Fsp3) is 0.831. The van der Waals surface area contributed by atoms with E-state index in [1.807, 2.05) is 6.08 Å². The molecule has 0 fully saturated rings. The fourth-order valence-corrected chi connectivity index (χ4v) is 8.42. The number of ether oxygens (including phenoxy) is 1. The largest absolute Gasteiger partial charge is 0.466 e. The molecule has 0 rings (SSSR count). The van der Waals surface area contributed by atoms with Crippen LogP contribution in [0.1, 0.15) is 290 Å². The number of carbonyl (C=O) groups is 2. The molecule has 0 aromatic carbocycles. The predicted molar refractivity (Wildman–Crippen MR) is 282 cm³/mol. The third-order valence-electron chi connectivity index (χ3n) is 12.8. The average Bonchev–Trinajstić information content (AvgIpc) is 3.31. The summed E-state index contributed by atoms with van der Waals surface area (Å²) in [5, 5.41) is 23.1. The Morgan fingerprint density at radius 1 is 0.431 bits per heavy atom. The van der Waals surface area contributed by atoms with Gasteiger partial charge in [0, 0.05) is 12.8 Å². The van der Waals surface area contributed by atoms with Gasteiger partial charge in [-0.2, -0.15) is 0 Å². The molecule has 0 heterocycles. The van der Waals surface area contributed by atoms with Gasteiger partial charge in [0.2, 0.25) is 5.91 Å². The van der Waals surface area contributed by atoms with Gasteiger partial charge in [0.15, 0.2) is 0 Å². The molecule has 0 radical (unpaired) electrons. The Morgan fingerprint density at radius 2 is 0.769 bits per heavy atom. The van der Waals surface area contributed by atoms with Gasteiger partial charge in [-0.05, 0) is 96.3 Å². The Bertz CT molecular complexity index is 1100. The summed E-state index contributed by atoms with van der Waals surface area (Å²) < 4.78 is 5.43. The van der Waals surface area contributed by atoms with Crippen LogP contribution in [-0.4, -0.2) is 47.4 Å². The number of esters is 1. The van der Waals surface area contributed by atoms with Crippen LogP contribution < -0.4 is 5.32 Å². The topological polar surface area (TPSA) is 95.9 Å². The van der Waals surface area contributed by atoms with Gasteiger partial charge in [-0.15, -0.1) is 0 Å². The molecule has 0 saturated heterocycles. The Morgan fingerprint density at radius 3 is 1.22 bits per heavy atom. The highest BCUT2D eigenvalue weighted by Gasteiger charge is 2.18. The number of hydrogen-bond donors (Lipinski definition) is 3. The summed E-state index contributed by atoms with van der Waals surface area (Å²) in [5.74, 6) is -0.111. The van der Waals surface area contributed by atoms with Crippen molar-refractivity contribution >= 4 is 11.9 Å². The summed E-state index contributed by atoms with van der Waals surface area (Å²) in [5.41, 5.74) is 0. The second-order valence-corrected chi connectivity index (χ2v) is 19.3. The molecule has 0 aliphatic carbocycles. The van der Waals surface area contributed by atoms with E-state index in [0.29, 0.717) is 19.4 Å². The van der Waals surface area contributed by atoms with E-state index in [1.165, 1.54) is 180 Å². The maximum absolute atomic E-state index is 12.5. The summed E-state index contributed by atoms with van der Waals surface area (Å²) in [4.78, 5) is 24.4. The molecule has 2 atom stereocenters. The van der Waals surface area contributed by atoms with Crippen molar-refractivity contribution < 1.29 is 24.5 Å². The van der Waals surface area contributed by atoms with E-state index in [0.717, 1.165) is 83.5 Å². The van der Waals surface area contributed by atoms with Crippen LogP contribution >= 0.6 is 0 Å². The van der Waals surface area contributed by atoms with Crippen LogP contribution in [0.25, 0.3) is 0 Å². The monoisotopic (exact) mass is 912 g/mol. The van der Waals surface area contributed by atoms with Gasteiger partial charge in [0.25, 0.3) is 0 Å². The minimum absolute atomic E-state index is 0.0270. The summed E-state index contributed by atoms with van der Waals surface area (Å²) in [7, 11) is 0. The van der Waals surface area contributed by atoms with Crippen LogP contribution in [0.4, 0.5) is 0 Å². The van der Waals surface area contributed by atoms with Crippen molar-refractivity contribution in [1.82, 2.24) is 5.32 Å². The first kappa shape index (κ1) is 62.8. The number of hydrogen-bond acceptors (Lipinski definition) is 5. The van der Waals surface area contributed by atoms with E-state index in [4.69, 9.17) is 4.74 Å². The van der Waals surface area contributed by atoms with E-state index >= 15 is 0 Å². The van der Waals surface area contributed by atoms with E-state index in [-0.39, 0.29) is 18.5 Å². The lowest BCUT2D eigenvalue weighted by atomic mass is 10.0. The Labute approximate surface area is 404 Å². The lowest BCUT2D eigenvalue weighted by molar-refractivity contribution is -0.143. The zero-order valence-electron chi connectivity index (χ0n) is 43.2. The number of aliphatic hydroxyl groups excluding tert-OH is 2. The van der Waals surface area contributed by atoms with E-state index in [9.17, 15) is 19.8 Å². The molecule has 0 spiro atoms. The minimum atomic E-state index is -0.856. The number of unbranched alkanes of at least 4 members (excludes halogenated alkanes) is 35. The second kappa shape index (κ2) is 54.4. The van der Waals surface area contributed by atoms with Gasteiger partial charge in [0.05, 0.1) is 25.4 Å². The van der Waals surface area contributed by atoms with Crippen LogP contribution in [-0.2, 0) is 14.3 Å². The third kappa shape index (κ3) is 51.1. The first-order chi connectivity index (χ1) is 32.0. The predicted octanol–water partition coefficient (Wildman–Crippen LogP) is 17.4. The average molecular weight is 913 g/mol. The molecule has 0 aliphatic rings. The standard InChI is InChI=1S/C59H109NO5/c1-3-5-7-9-11-13-15-17-18-19-20-22-25-28-31-35-39-43-47-51-57(62)56(55-61)60-58(63)52-48-44-40-36-32-29-26-23-21-24-27-30-34-38-42-46-50-54-65-59(64)53-49-45-41-37-33-16-14-12-10-8-6-4-2/h12,14,21,24,30,34,47,51,56-57,61-62H,3-11,13,15-20,22-23,25-29,31-33,35-46,48-50,52-55H2,1-2H3,(H,60,63)/b14-12-,24-21-,34-30-,51-47+. The minimum Gasteiger partial charge on any atom is -0.466 e. The van der Waals surface area contributed by atoms with Crippen molar-refractivity contribution in [2.75, 3.05) is 13.2 Å². The quantitative estimate of drug-likeness (QED) is 0.0321. The van der Waals surface area contributed by atoms with Crippen LogP contribution in [0, 0.1) is 0 Å². The molecular weight excluding hydrogens is 803 g/mol. The van der Waals surface area contributed by atoms with Crippen LogP contribution in [0.2, 0.25) is 0 Å². The zero-order valence-corrected chi connectivity index (χ0v) is 43.2. The molecule has 2 unspecified atom stereocenters. The molecule has 0 aromatic heterocycles. The molecule has 0 aliphatic heterocycles. The first-order valence-corrected chi connectivity index (χ1v) is 28.4. The van der Waals surface area contributed by atoms with Crippen LogP contribution in [0.3, 0.4) is 0 Å². The lowest BCUT2D eigenvalue weighted by Crippen LogP contribution is -2.45. The highest BCUT2D eigenvalue weighted by molar-refractivity contribution is 5.76. The zero-order chi connectivity index (χ0) is 47.2. The molecule has 65 heavy (non-hydrogen) atoms. The maximum atomic E-state index is 12.5. The number of rotatable bonds is 52. The van der Waals surface area contributed by atoms with Crippen molar-refractivity contribution in [1.29, 1.82) is 0 Å². The summed E-state index contributed by atoms with van der Waals surface area (Å²) in [6.07, 6.45) is 68.4. The van der Waals surface area contributed by atoms with Crippen molar-refractivity contribution in [3.63, 3.8) is 0 Å². The molecule has 0 saturated carbocycles. The van der Waals surface area contributed by atoms with Crippen molar-refractivity contribution in [2.45, 2.75) is 302 Å². The van der Waals surface area contributed by atoms with Crippen LogP contribution in [0.15, 0.2) is 48.6 Å². The van der Waals surface area contributed by atoms with Gasteiger partial charge >= 0.3 is 5.97 Å². The molecule has 6 heteroatoms.